The second kappa shape index (κ2) is 6.05. The Hall–Kier alpha value is -1.88. The summed E-state index contributed by atoms with van der Waals surface area (Å²) >= 11 is 0. The Bertz CT molecular complexity index is 515. The highest BCUT2D eigenvalue weighted by molar-refractivity contribution is 5.58. The minimum absolute atomic E-state index is 0.562. The van der Waals surface area contributed by atoms with E-state index >= 15 is 0 Å². The highest BCUT2D eigenvalue weighted by Crippen LogP contribution is 2.20. The van der Waals surface area contributed by atoms with E-state index in [0.717, 1.165) is 23.7 Å². The van der Waals surface area contributed by atoms with Crippen LogP contribution in [0.15, 0.2) is 35.1 Å². The lowest BCUT2D eigenvalue weighted by atomic mass is 9.97. The summed E-state index contributed by atoms with van der Waals surface area (Å²) < 4.78 is 5.18. The van der Waals surface area contributed by atoms with E-state index in [4.69, 9.17) is 4.42 Å². The lowest BCUT2D eigenvalue weighted by Crippen LogP contribution is -2.32. The molecule has 1 N–H and O–H groups in total. The fraction of sp³-hybridized carbons (Fsp3) is 0.467. The average molecular weight is 272 g/mol. The maximum Gasteiger partial charge on any atom is 0.247 e. The number of anilines is 1. The van der Waals surface area contributed by atoms with Crippen LogP contribution in [0, 0.1) is 5.92 Å². The van der Waals surface area contributed by atoms with Gasteiger partial charge in [0.25, 0.3) is 0 Å². The zero-order valence-electron chi connectivity index (χ0n) is 11.7. The van der Waals surface area contributed by atoms with Gasteiger partial charge in [0.05, 0.1) is 0 Å². The number of benzene rings is 1. The van der Waals surface area contributed by atoms with Gasteiger partial charge in [0.2, 0.25) is 12.3 Å². The molecule has 2 heterocycles. The predicted molar refractivity (Wildman–Crippen MR) is 78.4 cm³/mol. The maximum absolute atomic E-state index is 5.18. The summed E-state index contributed by atoms with van der Waals surface area (Å²) in [5.41, 5.74) is 2.10. The predicted octanol–water partition coefficient (Wildman–Crippen LogP) is 2.49. The number of hydrogen-bond donors (Lipinski definition) is 1. The van der Waals surface area contributed by atoms with Gasteiger partial charge in [0.15, 0.2) is 0 Å². The molecule has 1 aliphatic heterocycles. The van der Waals surface area contributed by atoms with Crippen LogP contribution in [0.25, 0.3) is 11.5 Å². The van der Waals surface area contributed by atoms with Crippen molar-refractivity contribution in [3.63, 3.8) is 0 Å². The van der Waals surface area contributed by atoms with Crippen molar-refractivity contribution in [1.82, 2.24) is 15.1 Å². The van der Waals surface area contributed by atoms with Gasteiger partial charge in [-0.25, -0.2) is 0 Å². The van der Waals surface area contributed by atoms with Crippen LogP contribution < -0.4 is 5.32 Å². The van der Waals surface area contributed by atoms with Gasteiger partial charge < -0.3 is 14.6 Å². The highest BCUT2D eigenvalue weighted by Gasteiger charge is 2.16. The van der Waals surface area contributed by atoms with Crippen LogP contribution >= 0.6 is 0 Å². The molecule has 1 aliphatic rings. The summed E-state index contributed by atoms with van der Waals surface area (Å²) in [6, 6.07) is 8.14. The molecule has 2 aromatic rings. The topological polar surface area (TPSA) is 54.2 Å². The first-order valence-electron chi connectivity index (χ1n) is 7.10. The van der Waals surface area contributed by atoms with E-state index in [1.165, 1.54) is 32.3 Å². The maximum atomic E-state index is 5.18. The largest absolute Gasteiger partial charge is 0.423 e. The van der Waals surface area contributed by atoms with Gasteiger partial charge in [-0.1, -0.05) is 0 Å². The van der Waals surface area contributed by atoms with Crippen LogP contribution in [0.5, 0.6) is 0 Å². The summed E-state index contributed by atoms with van der Waals surface area (Å²) in [6.45, 7) is 3.47. The van der Waals surface area contributed by atoms with Gasteiger partial charge >= 0.3 is 0 Å². The standard InChI is InChI=1S/C15H20N4O/c1-19-8-6-12(7-9-19)10-16-14-4-2-13(3-5-14)15-18-17-11-20-15/h2-5,11-12,16H,6-10H2,1H3. The third-order valence-electron chi connectivity index (χ3n) is 3.92. The molecule has 5 heteroatoms. The van der Waals surface area contributed by atoms with E-state index in [-0.39, 0.29) is 0 Å². The molecule has 0 amide bonds. The Morgan fingerprint density at radius 1 is 1.25 bits per heavy atom. The number of hydrogen-bond acceptors (Lipinski definition) is 5. The molecule has 1 saturated heterocycles. The smallest absolute Gasteiger partial charge is 0.247 e. The summed E-state index contributed by atoms with van der Waals surface area (Å²) in [6.07, 6.45) is 3.91. The molecule has 106 valence electrons. The highest BCUT2D eigenvalue weighted by atomic mass is 16.4. The van der Waals surface area contributed by atoms with Crippen molar-refractivity contribution in [2.45, 2.75) is 12.8 Å². The lowest BCUT2D eigenvalue weighted by Gasteiger charge is -2.29. The first-order chi connectivity index (χ1) is 9.81. The van der Waals surface area contributed by atoms with Crippen molar-refractivity contribution in [3.8, 4) is 11.5 Å². The molecule has 0 radical (unpaired) electrons. The molecule has 0 spiro atoms. The Morgan fingerprint density at radius 2 is 2.00 bits per heavy atom. The van der Waals surface area contributed by atoms with E-state index in [1.807, 2.05) is 12.1 Å². The van der Waals surface area contributed by atoms with E-state index in [1.54, 1.807) is 0 Å². The molecule has 0 unspecified atom stereocenters. The van der Waals surface area contributed by atoms with Gasteiger partial charge in [-0.15, -0.1) is 10.2 Å². The zero-order chi connectivity index (χ0) is 13.8. The molecule has 0 atom stereocenters. The summed E-state index contributed by atoms with van der Waals surface area (Å²) in [4.78, 5) is 2.40. The second-order valence-electron chi connectivity index (χ2n) is 5.45. The molecule has 1 aromatic carbocycles. The van der Waals surface area contributed by atoms with Crippen LogP contribution in [0.3, 0.4) is 0 Å². The Labute approximate surface area is 119 Å². The SMILES string of the molecule is CN1CCC(CNc2ccc(-c3nnco3)cc2)CC1. The van der Waals surface area contributed by atoms with Crippen LogP contribution in [0.1, 0.15) is 12.8 Å². The zero-order valence-corrected chi connectivity index (χ0v) is 11.7. The first-order valence-corrected chi connectivity index (χ1v) is 7.10. The van der Waals surface area contributed by atoms with Crippen LogP contribution in [-0.4, -0.2) is 41.8 Å². The second-order valence-corrected chi connectivity index (χ2v) is 5.45. The van der Waals surface area contributed by atoms with Crippen molar-refractivity contribution in [1.29, 1.82) is 0 Å². The molecule has 1 fully saturated rings. The lowest BCUT2D eigenvalue weighted by molar-refractivity contribution is 0.226. The first kappa shape index (κ1) is 13.1. The van der Waals surface area contributed by atoms with Crippen LogP contribution in [-0.2, 0) is 0 Å². The number of nitrogens with one attached hydrogen (secondary N) is 1. The number of rotatable bonds is 4. The van der Waals surface area contributed by atoms with Crippen molar-refractivity contribution >= 4 is 5.69 Å². The summed E-state index contributed by atoms with van der Waals surface area (Å²) in [5.74, 6) is 1.34. The number of piperidine rings is 1. The summed E-state index contributed by atoms with van der Waals surface area (Å²) in [5, 5.41) is 11.1. The Kier molecular flexibility index (Phi) is 3.97. The number of nitrogens with zero attached hydrogens (tertiary/aromatic N) is 3. The number of likely N-dealkylation sites (tertiary alicyclic amines) is 1. The van der Waals surface area contributed by atoms with Gasteiger partial charge in [-0.2, -0.15) is 0 Å². The third kappa shape index (κ3) is 3.17. The molecule has 0 saturated carbocycles. The van der Waals surface area contributed by atoms with Crippen molar-refractivity contribution in [2.75, 3.05) is 32.0 Å². The van der Waals surface area contributed by atoms with Gasteiger partial charge in [-0.05, 0) is 63.2 Å². The minimum atomic E-state index is 0.562. The normalized spacial score (nSPS) is 17.2. The molecule has 3 rings (SSSR count). The Morgan fingerprint density at radius 3 is 2.65 bits per heavy atom. The molecular formula is C15H20N4O. The molecule has 0 bridgehead atoms. The van der Waals surface area contributed by atoms with Crippen molar-refractivity contribution in [3.05, 3.63) is 30.7 Å². The third-order valence-corrected chi connectivity index (χ3v) is 3.92. The van der Waals surface area contributed by atoms with Crippen LogP contribution in [0.2, 0.25) is 0 Å². The summed E-state index contributed by atoms with van der Waals surface area (Å²) in [7, 11) is 2.19. The molecule has 5 nitrogen and oxygen atoms in total. The quantitative estimate of drug-likeness (QED) is 0.926. The average Bonchev–Trinajstić information content (AvgIpc) is 3.01. The van der Waals surface area contributed by atoms with E-state index in [9.17, 15) is 0 Å². The van der Waals surface area contributed by atoms with Gasteiger partial charge in [0, 0.05) is 17.8 Å². The number of aromatic nitrogens is 2. The molecule has 20 heavy (non-hydrogen) atoms. The van der Waals surface area contributed by atoms with E-state index in [2.05, 4.69) is 39.6 Å². The molecular weight excluding hydrogens is 252 g/mol. The Balaban J connectivity index is 1.53. The minimum Gasteiger partial charge on any atom is -0.423 e. The van der Waals surface area contributed by atoms with Gasteiger partial charge in [-0.3, -0.25) is 0 Å². The molecule has 1 aromatic heterocycles. The fourth-order valence-corrected chi connectivity index (χ4v) is 2.56. The monoisotopic (exact) mass is 272 g/mol. The van der Waals surface area contributed by atoms with Crippen LogP contribution in [0.4, 0.5) is 5.69 Å². The molecule has 0 aliphatic carbocycles. The van der Waals surface area contributed by atoms with Crippen molar-refractivity contribution in [2.24, 2.45) is 5.92 Å². The van der Waals surface area contributed by atoms with Crippen molar-refractivity contribution < 1.29 is 4.42 Å². The fourth-order valence-electron chi connectivity index (χ4n) is 2.56. The van der Waals surface area contributed by atoms with E-state index in [0.29, 0.717) is 5.89 Å². The van der Waals surface area contributed by atoms with E-state index < -0.39 is 0 Å². The van der Waals surface area contributed by atoms with Gasteiger partial charge in [0.1, 0.15) is 0 Å².